The van der Waals surface area contributed by atoms with Gasteiger partial charge in [0.2, 0.25) is 0 Å². The van der Waals surface area contributed by atoms with Crippen molar-refractivity contribution in [2.24, 2.45) is 0 Å². The van der Waals surface area contributed by atoms with Crippen molar-refractivity contribution >= 4 is 21.7 Å². The Morgan fingerprint density at radius 3 is 2.93 bits per heavy atom. The van der Waals surface area contributed by atoms with Crippen molar-refractivity contribution in [2.75, 3.05) is 0 Å². The van der Waals surface area contributed by atoms with Gasteiger partial charge in [0.25, 0.3) is 0 Å². The van der Waals surface area contributed by atoms with Crippen molar-refractivity contribution in [2.45, 2.75) is 19.3 Å². The van der Waals surface area contributed by atoms with E-state index in [1.54, 1.807) is 6.07 Å². The molecule has 78 valence electrons. The van der Waals surface area contributed by atoms with Crippen LogP contribution in [0.4, 0.5) is 4.39 Å². The maximum absolute atomic E-state index is 13.2. The van der Waals surface area contributed by atoms with Crippen LogP contribution in [0.5, 0.6) is 0 Å². The molecule has 1 aromatic carbocycles. The van der Waals surface area contributed by atoms with Crippen LogP contribution < -0.4 is 0 Å². The third-order valence-corrected chi connectivity index (χ3v) is 2.45. The Kier molecular flexibility index (Phi) is 4.51. The van der Waals surface area contributed by atoms with Crippen molar-refractivity contribution in [1.29, 1.82) is 0 Å². The van der Waals surface area contributed by atoms with Crippen LogP contribution in [0.1, 0.15) is 29.6 Å². The Hall–Kier alpha value is -1.14. The van der Waals surface area contributed by atoms with Gasteiger partial charge < -0.3 is 0 Å². The van der Waals surface area contributed by atoms with Crippen LogP contribution in [-0.4, -0.2) is 5.78 Å². The first kappa shape index (κ1) is 11.9. The Balaban J connectivity index is 2.73. The molecule has 0 fully saturated rings. The number of Topliss-reactive ketones (excluding diaryl/α,β-unsaturated/α-hetero) is 1. The lowest BCUT2D eigenvalue weighted by atomic mass is 10.1. The van der Waals surface area contributed by atoms with Crippen LogP contribution in [0, 0.1) is 18.2 Å². The maximum Gasteiger partial charge on any atom is 0.165 e. The fraction of sp³-hybridized carbons (Fsp3) is 0.250. The van der Waals surface area contributed by atoms with Gasteiger partial charge in [-0.3, -0.25) is 4.79 Å². The highest BCUT2D eigenvalue weighted by molar-refractivity contribution is 9.10. The minimum Gasteiger partial charge on any atom is -0.294 e. The largest absolute Gasteiger partial charge is 0.294 e. The molecule has 0 radical (unpaired) electrons. The Morgan fingerprint density at radius 2 is 2.27 bits per heavy atom. The van der Waals surface area contributed by atoms with E-state index in [-0.39, 0.29) is 17.8 Å². The second-order valence-corrected chi connectivity index (χ2v) is 4.02. The number of halogens is 2. The van der Waals surface area contributed by atoms with Gasteiger partial charge >= 0.3 is 0 Å². The van der Waals surface area contributed by atoms with E-state index in [1.807, 2.05) is 0 Å². The highest BCUT2D eigenvalue weighted by Crippen LogP contribution is 2.17. The number of rotatable bonds is 4. The molecule has 0 aliphatic rings. The molecule has 1 nitrogen and oxygen atoms in total. The van der Waals surface area contributed by atoms with E-state index in [2.05, 4.69) is 21.9 Å². The van der Waals surface area contributed by atoms with Gasteiger partial charge in [0.1, 0.15) is 5.82 Å². The molecule has 0 bridgehead atoms. The van der Waals surface area contributed by atoms with Crippen molar-refractivity contribution < 1.29 is 9.18 Å². The number of carbonyl (C=O) groups is 1. The SMILES string of the molecule is C#CCCCC(=O)c1cc(Br)ccc1F. The molecule has 15 heavy (non-hydrogen) atoms. The van der Waals surface area contributed by atoms with Gasteiger partial charge in [-0.25, -0.2) is 4.39 Å². The summed E-state index contributed by atoms with van der Waals surface area (Å²) in [6, 6.07) is 4.33. The lowest BCUT2D eigenvalue weighted by molar-refractivity contribution is 0.0976. The highest BCUT2D eigenvalue weighted by atomic mass is 79.9. The number of carbonyl (C=O) groups excluding carboxylic acids is 1. The van der Waals surface area contributed by atoms with Crippen molar-refractivity contribution in [1.82, 2.24) is 0 Å². The molecule has 0 atom stereocenters. The van der Waals surface area contributed by atoms with Crippen LogP contribution in [0.2, 0.25) is 0 Å². The summed E-state index contributed by atoms with van der Waals surface area (Å²) in [7, 11) is 0. The summed E-state index contributed by atoms with van der Waals surface area (Å²) in [6.45, 7) is 0. The Labute approximate surface area is 96.8 Å². The summed E-state index contributed by atoms with van der Waals surface area (Å²) in [6.07, 6.45) is 6.50. The summed E-state index contributed by atoms with van der Waals surface area (Å²) in [5.74, 6) is 1.76. The second kappa shape index (κ2) is 5.67. The molecule has 3 heteroatoms. The average Bonchev–Trinajstić information content (AvgIpc) is 2.22. The quantitative estimate of drug-likeness (QED) is 0.464. The lowest BCUT2D eigenvalue weighted by Gasteiger charge is -2.02. The summed E-state index contributed by atoms with van der Waals surface area (Å²) in [4.78, 5) is 11.6. The Morgan fingerprint density at radius 1 is 1.53 bits per heavy atom. The number of benzene rings is 1. The molecule has 1 aromatic rings. The zero-order valence-corrected chi connectivity index (χ0v) is 9.68. The fourth-order valence-electron chi connectivity index (χ4n) is 1.20. The number of terminal acetylenes is 1. The van der Waals surface area contributed by atoms with Crippen LogP contribution in [0.15, 0.2) is 22.7 Å². The van der Waals surface area contributed by atoms with Gasteiger partial charge in [-0.05, 0) is 24.6 Å². The van der Waals surface area contributed by atoms with Crippen LogP contribution in [0.25, 0.3) is 0 Å². The zero-order valence-electron chi connectivity index (χ0n) is 8.09. The van der Waals surface area contributed by atoms with E-state index < -0.39 is 5.82 Å². The van der Waals surface area contributed by atoms with Crippen LogP contribution in [-0.2, 0) is 0 Å². The molecular weight excluding hydrogens is 259 g/mol. The third-order valence-electron chi connectivity index (χ3n) is 1.95. The summed E-state index contributed by atoms with van der Waals surface area (Å²) in [5.41, 5.74) is 0.126. The molecule has 0 N–H and O–H groups in total. The van der Waals surface area contributed by atoms with E-state index in [0.717, 1.165) is 0 Å². The molecule has 0 unspecified atom stereocenters. The zero-order chi connectivity index (χ0) is 11.3. The van der Waals surface area contributed by atoms with Crippen molar-refractivity contribution in [3.8, 4) is 12.3 Å². The van der Waals surface area contributed by atoms with Gasteiger partial charge in [0.05, 0.1) is 5.56 Å². The molecule has 0 heterocycles. The predicted octanol–water partition coefficient (Wildman–Crippen LogP) is 3.57. The molecular formula is C12H10BrFO. The number of hydrogen-bond acceptors (Lipinski definition) is 1. The Bertz CT molecular complexity index is 407. The third kappa shape index (κ3) is 3.49. The van der Waals surface area contributed by atoms with E-state index in [1.165, 1.54) is 12.1 Å². The number of hydrogen-bond donors (Lipinski definition) is 0. The molecule has 0 amide bonds. The van der Waals surface area contributed by atoms with E-state index >= 15 is 0 Å². The van der Waals surface area contributed by atoms with E-state index in [4.69, 9.17) is 6.42 Å². The maximum atomic E-state index is 13.2. The standard InChI is InChI=1S/C12H10BrFO/c1-2-3-4-5-12(15)10-8-9(13)6-7-11(10)14/h1,6-8H,3-5H2. The van der Waals surface area contributed by atoms with Crippen molar-refractivity contribution in [3.63, 3.8) is 0 Å². The van der Waals surface area contributed by atoms with Gasteiger partial charge in [-0.1, -0.05) is 15.9 Å². The topological polar surface area (TPSA) is 17.1 Å². The van der Waals surface area contributed by atoms with Crippen LogP contribution in [0.3, 0.4) is 0 Å². The first-order valence-electron chi connectivity index (χ1n) is 4.57. The molecule has 1 rings (SSSR count). The molecule has 0 aromatic heterocycles. The average molecular weight is 269 g/mol. The molecule has 0 saturated carbocycles. The van der Waals surface area contributed by atoms with Crippen LogP contribution >= 0.6 is 15.9 Å². The van der Waals surface area contributed by atoms with Crippen molar-refractivity contribution in [3.05, 3.63) is 34.1 Å². The summed E-state index contributed by atoms with van der Waals surface area (Å²) in [5, 5.41) is 0. The van der Waals surface area contributed by atoms with E-state index in [0.29, 0.717) is 17.3 Å². The summed E-state index contributed by atoms with van der Waals surface area (Å²) < 4.78 is 13.9. The molecule has 0 aliphatic carbocycles. The molecule has 0 aliphatic heterocycles. The van der Waals surface area contributed by atoms with Gasteiger partial charge in [-0.15, -0.1) is 12.3 Å². The highest BCUT2D eigenvalue weighted by Gasteiger charge is 2.11. The predicted molar refractivity (Wildman–Crippen MR) is 61.1 cm³/mol. The molecule has 0 saturated heterocycles. The first-order chi connectivity index (χ1) is 7.15. The lowest BCUT2D eigenvalue weighted by Crippen LogP contribution is -2.02. The number of unbranched alkanes of at least 4 members (excludes halogenated alkanes) is 1. The van der Waals surface area contributed by atoms with Gasteiger partial charge in [0, 0.05) is 17.3 Å². The number of ketones is 1. The molecule has 0 spiro atoms. The second-order valence-electron chi connectivity index (χ2n) is 3.11. The van der Waals surface area contributed by atoms with E-state index in [9.17, 15) is 9.18 Å². The minimum absolute atomic E-state index is 0.126. The smallest absolute Gasteiger partial charge is 0.165 e. The first-order valence-corrected chi connectivity index (χ1v) is 5.36. The summed E-state index contributed by atoms with van der Waals surface area (Å²) >= 11 is 3.20. The van der Waals surface area contributed by atoms with Gasteiger partial charge in [0.15, 0.2) is 5.78 Å². The van der Waals surface area contributed by atoms with Gasteiger partial charge in [-0.2, -0.15) is 0 Å². The fourth-order valence-corrected chi connectivity index (χ4v) is 1.56. The minimum atomic E-state index is -0.482. The monoisotopic (exact) mass is 268 g/mol. The normalized spacial score (nSPS) is 9.67.